The summed E-state index contributed by atoms with van der Waals surface area (Å²) in [5, 5.41) is 20.0. The molecule has 0 aromatic carbocycles. The maximum atomic E-state index is 10.3. The fourth-order valence-corrected chi connectivity index (χ4v) is 0.550. The van der Waals surface area contributed by atoms with Crippen molar-refractivity contribution in [3.05, 3.63) is 0 Å². The molecule has 0 heterocycles. The van der Waals surface area contributed by atoms with Gasteiger partial charge in [-0.2, -0.15) is 0 Å². The molecule has 62 valence electrons. The van der Waals surface area contributed by atoms with Crippen molar-refractivity contribution < 1.29 is 24.6 Å². The Labute approximate surface area is 62.6 Å². The second-order valence-electron chi connectivity index (χ2n) is 2.10. The van der Waals surface area contributed by atoms with Crippen LogP contribution in [0.1, 0.15) is 13.3 Å². The Morgan fingerprint density at radius 3 is 1.64 bits per heavy atom. The fourth-order valence-electron chi connectivity index (χ4n) is 0.550. The normalized spacial score (nSPS) is 9.64. The number of hydrogen-bond acceptors (Lipinski definition) is 5. The maximum absolute atomic E-state index is 10.3. The van der Waals surface area contributed by atoms with E-state index in [1.165, 1.54) is 0 Å². The standard InChI is InChI=1S/C6H8O5/c1-3(7)2-4(5(8)9)6(10)11/h4H,2H2,1H3,(H,8,9)(H,10,11)/p-2. The second-order valence-corrected chi connectivity index (χ2v) is 2.10. The van der Waals surface area contributed by atoms with Gasteiger partial charge in [-0.25, -0.2) is 0 Å². The Hall–Kier alpha value is -1.39. The lowest BCUT2D eigenvalue weighted by atomic mass is 10.0. The first-order chi connectivity index (χ1) is 4.95. The number of rotatable bonds is 4. The summed E-state index contributed by atoms with van der Waals surface area (Å²) in [5.41, 5.74) is 0. The van der Waals surface area contributed by atoms with Crippen LogP contribution in [0.15, 0.2) is 0 Å². The molecule has 0 radical (unpaired) electrons. The summed E-state index contributed by atoms with van der Waals surface area (Å²) in [7, 11) is 0. The molecule has 0 saturated carbocycles. The van der Waals surface area contributed by atoms with Crippen LogP contribution in [-0.2, 0) is 14.4 Å². The lowest BCUT2D eigenvalue weighted by Gasteiger charge is -2.16. The van der Waals surface area contributed by atoms with Crippen LogP contribution in [-0.4, -0.2) is 17.7 Å². The van der Waals surface area contributed by atoms with Crippen molar-refractivity contribution in [1.82, 2.24) is 0 Å². The van der Waals surface area contributed by atoms with Gasteiger partial charge in [-0.3, -0.25) is 4.79 Å². The van der Waals surface area contributed by atoms with Gasteiger partial charge >= 0.3 is 0 Å². The number of carboxylic acids is 2. The van der Waals surface area contributed by atoms with Crippen molar-refractivity contribution in [3.63, 3.8) is 0 Å². The Kier molecular flexibility index (Phi) is 3.23. The summed E-state index contributed by atoms with van der Waals surface area (Å²) in [6.07, 6.45) is -0.579. The molecule has 5 nitrogen and oxygen atoms in total. The molecule has 11 heavy (non-hydrogen) atoms. The number of aliphatic carboxylic acids is 2. The summed E-state index contributed by atoms with van der Waals surface area (Å²) < 4.78 is 0. The van der Waals surface area contributed by atoms with E-state index >= 15 is 0 Å². The molecule has 0 bridgehead atoms. The first-order valence-corrected chi connectivity index (χ1v) is 2.86. The molecule has 0 spiro atoms. The average Bonchev–Trinajstić information content (AvgIpc) is 1.81. The smallest absolute Gasteiger partial charge is 0.130 e. The Morgan fingerprint density at radius 1 is 1.18 bits per heavy atom. The SMILES string of the molecule is CC(=O)CC(C(=O)[O-])C(=O)[O-]. The van der Waals surface area contributed by atoms with Crippen molar-refractivity contribution in [1.29, 1.82) is 0 Å². The van der Waals surface area contributed by atoms with E-state index in [4.69, 9.17) is 0 Å². The van der Waals surface area contributed by atoms with E-state index in [2.05, 4.69) is 0 Å². The highest BCUT2D eigenvalue weighted by atomic mass is 16.4. The molecule has 0 saturated heterocycles. The Morgan fingerprint density at radius 2 is 1.55 bits per heavy atom. The minimum Gasteiger partial charge on any atom is -0.549 e. The molecular weight excluding hydrogens is 152 g/mol. The highest BCUT2D eigenvalue weighted by Gasteiger charge is 2.12. The van der Waals surface area contributed by atoms with Gasteiger partial charge in [-0.05, 0) is 6.92 Å². The maximum Gasteiger partial charge on any atom is 0.130 e. The van der Waals surface area contributed by atoms with Gasteiger partial charge in [-0.1, -0.05) is 0 Å². The van der Waals surface area contributed by atoms with E-state index in [0.717, 1.165) is 6.92 Å². The van der Waals surface area contributed by atoms with E-state index in [1.807, 2.05) is 0 Å². The highest BCUT2D eigenvalue weighted by molar-refractivity contribution is 5.95. The predicted octanol–water partition coefficient (Wildman–Crippen LogP) is -2.92. The van der Waals surface area contributed by atoms with Crippen LogP contribution >= 0.6 is 0 Å². The molecule has 0 aromatic rings. The second kappa shape index (κ2) is 3.70. The monoisotopic (exact) mass is 158 g/mol. The number of carboxylic acid groups (broad SMARTS) is 2. The van der Waals surface area contributed by atoms with Gasteiger partial charge in [0.1, 0.15) is 5.78 Å². The molecule has 0 aliphatic heterocycles. The zero-order chi connectivity index (χ0) is 9.02. The van der Waals surface area contributed by atoms with Crippen LogP contribution in [0, 0.1) is 5.92 Å². The van der Waals surface area contributed by atoms with Crippen LogP contribution in [0.3, 0.4) is 0 Å². The summed E-state index contributed by atoms with van der Waals surface area (Å²) in [6.45, 7) is 1.10. The predicted molar refractivity (Wildman–Crippen MR) is 28.8 cm³/mol. The van der Waals surface area contributed by atoms with Gasteiger partial charge < -0.3 is 19.8 Å². The van der Waals surface area contributed by atoms with Crippen LogP contribution in [0.25, 0.3) is 0 Å². The lowest BCUT2D eigenvalue weighted by molar-refractivity contribution is -0.331. The fraction of sp³-hybridized carbons (Fsp3) is 0.500. The van der Waals surface area contributed by atoms with Crippen molar-refractivity contribution in [2.24, 2.45) is 5.92 Å². The minimum absolute atomic E-state index is 0.525. The summed E-state index contributed by atoms with van der Waals surface area (Å²) in [5.74, 6) is -5.93. The zero-order valence-corrected chi connectivity index (χ0v) is 5.83. The van der Waals surface area contributed by atoms with Gasteiger partial charge in [0, 0.05) is 12.3 Å². The Balaban J connectivity index is 4.23. The van der Waals surface area contributed by atoms with E-state index in [1.54, 1.807) is 0 Å². The first-order valence-electron chi connectivity index (χ1n) is 2.86. The van der Waals surface area contributed by atoms with Crippen LogP contribution in [0.5, 0.6) is 0 Å². The largest absolute Gasteiger partial charge is 0.549 e. The van der Waals surface area contributed by atoms with Crippen molar-refractivity contribution in [2.45, 2.75) is 13.3 Å². The molecule has 0 amide bonds. The topological polar surface area (TPSA) is 97.3 Å². The summed E-state index contributed by atoms with van der Waals surface area (Å²) in [4.78, 5) is 30.3. The molecule has 5 heteroatoms. The van der Waals surface area contributed by atoms with Gasteiger partial charge in [0.25, 0.3) is 0 Å². The van der Waals surface area contributed by atoms with Crippen LogP contribution < -0.4 is 10.2 Å². The molecule has 0 aromatic heterocycles. The van der Waals surface area contributed by atoms with Gasteiger partial charge in [0.2, 0.25) is 0 Å². The van der Waals surface area contributed by atoms with Gasteiger partial charge in [-0.15, -0.1) is 0 Å². The third-order valence-electron chi connectivity index (χ3n) is 1.06. The van der Waals surface area contributed by atoms with Crippen molar-refractivity contribution >= 4 is 17.7 Å². The molecular formula is C6H6O5-2. The van der Waals surface area contributed by atoms with Crippen molar-refractivity contribution in [2.75, 3.05) is 0 Å². The molecule has 0 N–H and O–H groups in total. The van der Waals surface area contributed by atoms with Crippen LogP contribution in [0.2, 0.25) is 0 Å². The van der Waals surface area contributed by atoms with Crippen LogP contribution in [0.4, 0.5) is 0 Å². The number of Topliss-reactive ketones (excluding diaryl/α,β-unsaturated/α-hetero) is 1. The minimum atomic E-state index is -1.83. The lowest BCUT2D eigenvalue weighted by Crippen LogP contribution is -2.44. The van der Waals surface area contributed by atoms with E-state index < -0.39 is 30.1 Å². The summed E-state index contributed by atoms with van der Waals surface area (Å²) in [6, 6.07) is 0. The molecule has 0 aliphatic carbocycles. The molecule has 0 unspecified atom stereocenters. The number of carbonyl (C=O) groups is 3. The Bertz CT molecular complexity index is 181. The third-order valence-corrected chi connectivity index (χ3v) is 1.06. The first kappa shape index (κ1) is 9.61. The van der Waals surface area contributed by atoms with Gasteiger partial charge in [0.15, 0.2) is 0 Å². The quantitative estimate of drug-likeness (QED) is 0.408. The molecule has 0 rings (SSSR count). The van der Waals surface area contributed by atoms with E-state index in [0.29, 0.717) is 0 Å². The van der Waals surface area contributed by atoms with E-state index in [9.17, 15) is 24.6 Å². The average molecular weight is 158 g/mol. The summed E-state index contributed by atoms with van der Waals surface area (Å²) >= 11 is 0. The molecule has 0 atom stereocenters. The number of ketones is 1. The molecule has 0 aliphatic rings. The highest BCUT2D eigenvalue weighted by Crippen LogP contribution is 2.00. The third kappa shape index (κ3) is 3.34. The van der Waals surface area contributed by atoms with E-state index in [-0.39, 0.29) is 0 Å². The number of hydrogen-bond donors (Lipinski definition) is 0. The van der Waals surface area contributed by atoms with Crippen molar-refractivity contribution in [3.8, 4) is 0 Å². The van der Waals surface area contributed by atoms with Gasteiger partial charge in [0.05, 0.1) is 11.9 Å². The molecule has 0 fully saturated rings. The number of carbonyl (C=O) groups excluding carboxylic acids is 3. The zero-order valence-electron chi connectivity index (χ0n) is 5.83.